The molecule has 1 heterocycles. The van der Waals surface area contributed by atoms with Crippen LogP contribution in [0.3, 0.4) is 0 Å². The minimum atomic E-state index is -1.07. The highest BCUT2D eigenvalue weighted by molar-refractivity contribution is 6.01. The molecule has 0 radical (unpaired) electrons. The Morgan fingerprint density at radius 2 is 1.85 bits per heavy atom. The van der Waals surface area contributed by atoms with E-state index >= 15 is 0 Å². The molecule has 1 fully saturated rings. The van der Waals surface area contributed by atoms with Gasteiger partial charge in [0.15, 0.2) is 0 Å². The van der Waals surface area contributed by atoms with Gasteiger partial charge in [-0.15, -0.1) is 0 Å². The summed E-state index contributed by atoms with van der Waals surface area (Å²) < 4.78 is 0. The predicted octanol–water partition coefficient (Wildman–Crippen LogP) is 2.62. The standard InChI is InChI=1S/C20H30N2O5/c1-3-5-15(6-4-2)21-16-11-14(19(26)27)7-8-17(16)22-18(25)9-10-20(22,12-23)13-24/h7-8,11,15,21,23-24H,3-6,9-10,12-13H2,1-2H3,(H,26,27). The van der Waals surface area contributed by atoms with Gasteiger partial charge in [0.2, 0.25) is 5.91 Å². The summed E-state index contributed by atoms with van der Waals surface area (Å²) >= 11 is 0. The van der Waals surface area contributed by atoms with Crippen LogP contribution >= 0.6 is 0 Å². The smallest absolute Gasteiger partial charge is 0.335 e. The molecule has 150 valence electrons. The number of aliphatic hydroxyl groups excluding tert-OH is 2. The number of hydrogen-bond acceptors (Lipinski definition) is 5. The maximum Gasteiger partial charge on any atom is 0.335 e. The molecule has 0 spiro atoms. The Bertz CT molecular complexity index is 666. The van der Waals surface area contributed by atoms with Gasteiger partial charge in [-0.25, -0.2) is 4.79 Å². The summed E-state index contributed by atoms with van der Waals surface area (Å²) in [5.41, 5.74) is 0.105. The van der Waals surface area contributed by atoms with E-state index in [1.54, 1.807) is 6.07 Å². The van der Waals surface area contributed by atoms with Crippen LogP contribution in [0.1, 0.15) is 62.7 Å². The lowest BCUT2D eigenvalue weighted by atomic mass is 9.97. The number of nitrogens with one attached hydrogen (secondary N) is 1. The molecule has 0 saturated carbocycles. The highest BCUT2D eigenvalue weighted by Crippen LogP contribution is 2.39. The summed E-state index contributed by atoms with van der Waals surface area (Å²) in [4.78, 5) is 25.5. The molecular formula is C20H30N2O5. The zero-order chi connectivity index (χ0) is 20.0. The van der Waals surface area contributed by atoms with Crippen LogP contribution in [0.25, 0.3) is 0 Å². The normalized spacial score (nSPS) is 16.2. The Labute approximate surface area is 160 Å². The molecule has 0 bridgehead atoms. The van der Waals surface area contributed by atoms with Crippen LogP contribution in [0, 0.1) is 0 Å². The van der Waals surface area contributed by atoms with Crippen LogP contribution in [0.2, 0.25) is 0 Å². The van der Waals surface area contributed by atoms with Gasteiger partial charge in [-0.1, -0.05) is 26.7 Å². The van der Waals surface area contributed by atoms with Crippen LogP contribution < -0.4 is 10.2 Å². The number of aliphatic hydroxyl groups is 2. The number of carboxylic acids is 1. The van der Waals surface area contributed by atoms with Crippen molar-refractivity contribution in [3.05, 3.63) is 23.8 Å². The highest BCUT2D eigenvalue weighted by Gasteiger charge is 2.46. The Morgan fingerprint density at radius 1 is 1.22 bits per heavy atom. The van der Waals surface area contributed by atoms with E-state index in [0.717, 1.165) is 25.7 Å². The summed E-state index contributed by atoms with van der Waals surface area (Å²) in [6, 6.07) is 4.71. The molecule has 1 aliphatic rings. The molecule has 27 heavy (non-hydrogen) atoms. The lowest BCUT2D eigenvalue weighted by Crippen LogP contribution is -2.52. The minimum absolute atomic E-state index is 0.123. The van der Waals surface area contributed by atoms with E-state index in [2.05, 4.69) is 19.2 Å². The van der Waals surface area contributed by atoms with Crippen molar-refractivity contribution in [1.29, 1.82) is 0 Å². The molecule has 7 nitrogen and oxygen atoms in total. The molecule has 1 amide bonds. The first-order valence-corrected chi connectivity index (χ1v) is 9.61. The van der Waals surface area contributed by atoms with Gasteiger partial charge < -0.3 is 20.6 Å². The molecule has 0 unspecified atom stereocenters. The third kappa shape index (κ3) is 4.42. The zero-order valence-electron chi connectivity index (χ0n) is 16.1. The van der Waals surface area contributed by atoms with Crippen LogP contribution in [-0.4, -0.2) is 52.0 Å². The third-order valence-corrected chi connectivity index (χ3v) is 5.23. The average molecular weight is 378 g/mol. The Kier molecular flexibility index (Phi) is 7.21. The quantitative estimate of drug-likeness (QED) is 0.498. The van der Waals surface area contributed by atoms with E-state index in [9.17, 15) is 24.9 Å². The number of hydrogen-bond donors (Lipinski definition) is 4. The molecule has 0 atom stereocenters. The van der Waals surface area contributed by atoms with Crippen molar-refractivity contribution in [2.24, 2.45) is 0 Å². The van der Waals surface area contributed by atoms with Crippen molar-refractivity contribution in [1.82, 2.24) is 0 Å². The van der Waals surface area contributed by atoms with Crippen molar-refractivity contribution < 1.29 is 24.9 Å². The van der Waals surface area contributed by atoms with Crippen LogP contribution in [0.15, 0.2) is 18.2 Å². The van der Waals surface area contributed by atoms with E-state index in [-0.39, 0.29) is 37.1 Å². The summed E-state index contributed by atoms with van der Waals surface area (Å²) in [6.45, 7) is 3.46. The van der Waals surface area contributed by atoms with E-state index in [0.29, 0.717) is 17.8 Å². The summed E-state index contributed by atoms with van der Waals surface area (Å²) in [5.74, 6) is -1.23. The molecule has 4 N–H and O–H groups in total. The SMILES string of the molecule is CCCC(CCC)Nc1cc(C(=O)O)ccc1N1C(=O)CCC1(CO)CO. The van der Waals surface area contributed by atoms with Crippen molar-refractivity contribution in [2.45, 2.75) is 64.0 Å². The average Bonchev–Trinajstić information content (AvgIpc) is 2.99. The first kappa shape index (κ1) is 21.2. The van der Waals surface area contributed by atoms with Gasteiger partial charge in [-0.3, -0.25) is 9.69 Å². The fraction of sp³-hybridized carbons (Fsp3) is 0.600. The van der Waals surface area contributed by atoms with E-state index in [4.69, 9.17) is 0 Å². The lowest BCUT2D eigenvalue weighted by molar-refractivity contribution is -0.117. The Morgan fingerprint density at radius 3 is 2.37 bits per heavy atom. The summed E-state index contributed by atoms with van der Waals surface area (Å²) in [6.07, 6.45) is 4.38. The Balaban J connectivity index is 2.51. The maximum atomic E-state index is 12.6. The number of aromatic carboxylic acids is 1. The number of rotatable bonds is 10. The van der Waals surface area contributed by atoms with E-state index < -0.39 is 11.5 Å². The van der Waals surface area contributed by atoms with Gasteiger partial charge in [0.25, 0.3) is 0 Å². The van der Waals surface area contributed by atoms with Gasteiger partial charge in [-0.2, -0.15) is 0 Å². The van der Waals surface area contributed by atoms with Crippen molar-refractivity contribution in [3.8, 4) is 0 Å². The highest BCUT2D eigenvalue weighted by atomic mass is 16.4. The van der Waals surface area contributed by atoms with Crippen LogP contribution in [0.5, 0.6) is 0 Å². The first-order chi connectivity index (χ1) is 12.9. The molecule has 0 aliphatic carbocycles. The molecule has 1 saturated heterocycles. The first-order valence-electron chi connectivity index (χ1n) is 9.61. The molecule has 1 aromatic rings. The number of carbonyl (C=O) groups excluding carboxylic acids is 1. The van der Waals surface area contributed by atoms with Gasteiger partial charge in [-0.05, 0) is 37.5 Å². The number of amides is 1. The third-order valence-electron chi connectivity index (χ3n) is 5.23. The number of benzene rings is 1. The minimum Gasteiger partial charge on any atom is -0.478 e. The number of anilines is 2. The number of carbonyl (C=O) groups is 2. The second-order valence-electron chi connectivity index (χ2n) is 7.23. The summed E-state index contributed by atoms with van der Waals surface area (Å²) in [5, 5.41) is 32.5. The number of nitrogens with zero attached hydrogens (tertiary/aromatic N) is 1. The van der Waals surface area contributed by atoms with E-state index in [1.165, 1.54) is 17.0 Å². The molecule has 2 rings (SSSR count). The van der Waals surface area contributed by atoms with Gasteiger partial charge in [0.1, 0.15) is 0 Å². The van der Waals surface area contributed by atoms with Crippen molar-refractivity contribution in [3.63, 3.8) is 0 Å². The molecule has 7 heteroatoms. The molecule has 0 aromatic heterocycles. The van der Waals surface area contributed by atoms with Gasteiger partial charge in [0, 0.05) is 12.5 Å². The summed E-state index contributed by atoms with van der Waals surface area (Å²) in [7, 11) is 0. The van der Waals surface area contributed by atoms with Crippen LogP contribution in [0.4, 0.5) is 11.4 Å². The number of carboxylic acid groups (broad SMARTS) is 1. The lowest BCUT2D eigenvalue weighted by Gasteiger charge is -2.37. The van der Waals surface area contributed by atoms with E-state index in [1.807, 2.05) is 0 Å². The monoisotopic (exact) mass is 378 g/mol. The fourth-order valence-electron chi connectivity index (χ4n) is 3.75. The second-order valence-corrected chi connectivity index (χ2v) is 7.23. The predicted molar refractivity (Wildman–Crippen MR) is 104 cm³/mol. The zero-order valence-corrected chi connectivity index (χ0v) is 16.1. The largest absolute Gasteiger partial charge is 0.478 e. The van der Waals surface area contributed by atoms with Crippen LogP contribution in [-0.2, 0) is 4.79 Å². The maximum absolute atomic E-state index is 12.6. The van der Waals surface area contributed by atoms with Crippen molar-refractivity contribution >= 4 is 23.3 Å². The molecule has 1 aliphatic heterocycles. The fourth-order valence-corrected chi connectivity index (χ4v) is 3.75. The van der Waals surface area contributed by atoms with Gasteiger partial charge >= 0.3 is 5.97 Å². The molecule has 1 aromatic carbocycles. The van der Waals surface area contributed by atoms with Gasteiger partial charge in [0.05, 0.1) is 35.7 Å². The topological polar surface area (TPSA) is 110 Å². The second kappa shape index (κ2) is 9.19. The van der Waals surface area contributed by atoms with Crippen molar-refractivity contribution in [2.75, 3.05) is 23.4 Å². The molecular weight excluding hydrogens is 348 g/mol. The Hall–Kier alpha value is -2.12.